The third-order valence-electron chi connectivity index (χ3n) is 2.95. The van der Waals surface area contributed by atoms with Crippen LogP contribution < -0.4 is 5.32 Å². The molecule has 2 aliphatic rings. The summed E-state index contributed by atoms with van der Waals surface area (Å²) in [6.07, 6.45) is 8.15. The smallest absolute Gasteiger partial charge is 0.156 e. The number of nitrogens with zero attached hydrogens (tertiary/aromatic N) is 1. The minimum atomic E-state index is 0.443. The summed E-state index contributed by atoms with van der Waals surface area (Å²) in [5, 5.41) is 7.47. The van der Waals surface area contributed by atoms with E-state index >= 15 is 0 Å². The van der Waals surface area contributed by atoms with Gasteiger partial charge in [0.2, 0.25) is 0 Å². The maximum absolute atomic E-state index is 5.28. The first-order valence-corrected chi connectivity index (χ1v) is 5.13. The van der Waals surface area contributed by atoms with Crippen LogP contribution in [0.3, 0.4) is 0 Å². The van der Waals surface area contributed by atoms with E-state index in [2.05, 4.69) is 10.5 Å². The summed E-state index contributed by atoms with van der Waals surface area (Å²) < 4.78 is 5.28. The van der Waals surface area contributed by atoms with Gasteiger partial charge in [-0.25, -0.2) is 0 Å². The van der Waals surface area contributed by atoms with Crippen molar-refractivity contribution in [2.24, 2.45) is 0 Å². The summed E-state index contributed by atoms with van der Waals surface area (Å²) in [5.41, 5.74) is 1.31. The Hall–Kier alpha value is -0.830. The summed E-state index contributed by atoms with van der Waals surface area (Å²) in [7, 11) is 0. The Labute approximate surface area is 77.5 Å². The van der Waals surface area contributed by atoms with Crippen LogP contribution in [-0.4, -0.2) is 11.2 Å². The molecule has 0 aromatic carbocycles. The Balaban J connectivity index is 1.81. The van der Waals surface area contributed by atoms with Crippen LogP contribution in [0, 0.1) is 0 Å². The summed E-state index contributed by atoms with van der Waals surface area (Å²) >= 11 is 0. The van der Waals surface area contributed by atoms with Crippen molar-refractivity contribution < 1.29 is 4.52 Å². The predicted molar refractivity (Wildman–Crippen MR) is 48.3 cm³/mol. The molecule has 0 saturated heterocycles. The second-order valence-electron chi connectivity index (χ2n) is 4.10. The Morgan fingerprint density at radius 3 is 3.15 bits per heavy atom. The Morgan fingerprint density at radius 2 is 2.31 bits per heavy atom. The maximum atomic E-state index is 5.28. The largest absolute Gasteiger partial charge is 0.359 e. The fraction of sp³-hybridized carbons (Fsp3) is 0.700. The molecule has 1 unspecified atom stereocenters. The van der Waals surface area contributed by atoms with Gasteiger partial charge in [0.15, 0.2) is 5.76 Å². The van der Waals surface area contributed by atoms with E-state index in [-0.39, 0.29) is 0 Å². The lowest BCUT2D eigenvalue weighted by atomic mass is 9.94. The summed E-state index contributed by atoms with van der Waals surface area (Å²) in [4.78, 5) is 0. The van der Waals surface area contributed by atoms with E-state index in [1.807, 2.05) is 6.20 Å². The molecule has 0 radical (unpaired) electrons. The highest BCUT2D eigenvalue weighted by atomic mass is 16.5. The SMILES string of the molecule is c1noc2c1CCCC2NC1CC1. The number of rotatable bonds is 2. The van der Waals surface area contributed by atoms with Crippen LogP contribution in [-0.2, 0) is 6.42 Å². The molecule has 0 amide bonds. The fourth-order valence-electron chi connectivity index (χ4n) is 2.07. The van der Waals surface area contributed by atoms with Gasteiger partial charge in [-0.05, 0) is 32.1 Å². The van der Waals surface area contributed by atoms with E-state index in [0.29, 0.717) is 6.04 Å². The van der Waals surface area contributed by atoms with Gasteiger partial charge in [-0.3, -0.25) is 0 Å². The van der Waals surface area contributed by atoms with Crippen LogP contribution in [0.15, 0.2) is 10.7 Å². The molecule has 1 fully saturated rings. The Kier molecular flexibility index (Phi) is 1.65. The van der Waals surface area contributed by atoms with Crippen LogP contribution in [0.25, 0.3) is 0 Å². The molecule has 0 bridgehead atoms. The van der Waals surface area contributed by atoms with Crippen molar-refractivity contribution in [3.63, 3.8) is 0 Å². The first kappa shape index (κ1) is 7.56. The zero-order valence-corrected chi connectivity index (χ0v) is 7.62. The molecule has 13 heavy (non-hydrogen) atoms. The molecule has 1 saturated carbocycles. The van der Waals surface area contributed by atoms with Gasteiger partial charge >= 0.3 is 0 Å². The fourth-order valence-corrected chi connectivity index (χ4v) is 2.07. The molecule has 2 aliphatic carbocycles. The van der Waals surface area contributed by atoms with Gasteiger partial charge in [0.25, 0.3) is 0 Å². The van der Waals surface area contributed by atoms with Crippen LogP contribution in [0.4, 0.5) is 0 Å². The molecular formula is C10H14N2O. The summed E-state index contributed by atoms with van der Waals surface area (Å²) in [5.74, 6) is 1.10. The van der Waals surface area contributed by atoms with Crippen molar-refractivity contribution in [2.45, 2.75) is 44.2 Å². The monoisotopic (exact) mass is 178 g/mol. The lowest BCUT2D eigenvalue weighted by Crippen LogP contribution is -2.26. The van der Waals surface area contributed by atoms with Gasteiger partial charge in [-0.15, -0.1) is 0 Å². The average Bonchev–Trinajstić information content (AvgIpc) is 2.83. The lowest BCUT2D eigenvalue weighted by Gasteiger charge is -2.20. The van der Waals surface area contributed by atoms with Gasteiger partial charge < -0.3 is 9.84 Å². The number of aromatic nitrogens is 1. The Bertz CT molecular complexity index is 304. The van der Waals surface area contributed by atoms with Crippen molar-refractivity contribution in [2.75, 3.05) is 0 Å². The number of nitrogens with one attached hydrogen (secondary N) is 1. The highest BCUT2D eigenvalue weighted by molar-refractivity contribution is 5.20. The third kappa shape index (κ3) is 1.37. The van der Waals surface area contributed by atoms with Crippen molar-refractivity contribution in [1.29, 1.82) is 0 Å². The van der Waals surface area contributed by atoms with E-state index in [4.69, 9.17) is 4.52 Å². The van der Waals surface area contributed by atoms with E-state index in [1.165, 1.54) is 31.2 Å². The normalized spacial score (nSPS) is 27.2. The highest BCUT2D eigenvalue weighted by Gasteiger charge is 2.30. The Morgan fingerprint density at radius 1 is 1.38 bits per heavy atom. The number of hydrogen-bond acceptors (Lipinski definition) is 3. The van der Waals surface area contributed by atoms with E-state index in [0.717, 1.165) is 18.2 Å². The molecule has 1 aromatic rings. The molecule has 1 aromatic heterocycles. The maximum Gasteiger partial charge on any atom is 0.156 e. The minimum absolute atomic E-state index is 0.443. The van der Waals surface area contributed by atoms with E-state index in [1.54, 1.807) is 0 Å². The zero-order chi connectivity index (χ0) is 8.67. The van der Waals surface area contributed by atoms with Crippen molar-refractivity contribution in [3.8, 4) is 0 Å². The van der Waals surface area contributed by atoms with Crippen LogP contribution in [0.5, 0.6) is 0 Å². The first-order chi connectivity index (χ1) is 6.43. The van der Waals surface area contributed by atoms with Crippen molar-refractivity contribution in [1.82, 2.24) is 10.5 Å². The molecule has 3 rings (SSSR count). The van der Waals surface area contributed by atoms with Crippen molar-refractivity contribution >= 4 is 0 Å². The van der Waals surface area contributed by atoms with Crippen LogP contribution in [0.2, 0.25) is 0 Å². The van der Waals surface area contributed by atoms with Crippen molar-refractivity contribution in [3.05, 3.63) is 17.5 Å². The standard InChI is InChI=1S/C10H14N2O/c1-2-7-6-11-13-10(7)9(3-1)12-8-4-5-8/h6,8-9,12H,1-5H2. The number of fused-ring (bicyclic) bond motifs is 1. The molecule has 3 nitrogen and oxygen atoms in total. The number of aryl methyl sites for hydroxylation is 1. The predicted octanol–water partition coefficient (Wildman–Crippen LogP) is 1.80. The second-order valence-corrected chi connectivity index (χ2v) is 4.10. The quantitative estimate of drug-likeness (QED) is 0.750. The summed E-state index contributed by atoms with van der Waals surface area (Å²) in [6.45, 7) is 0. The van der Waals surface area contributed by atoms with Gasteiger partial charge in [0.1, 0.15) is 0 Å². The van der Waals surface area contributed by atoms with Gasteiger partial charge in [0, 0.05) is 11.6 Å². The molecule has 3 heteroatoms. The topological polar surface area (TPSA) is 38.1 Å². The van der Waals surface area contributed by atoms with Crippen LogP contribution in [0.1, 0.15) is 43.0 Å². The van der Waals surface area contributed by atoms with Crippen LogP contribution >= 0.6 is 0 Å². The molecular weight excluding hydrogens is 164 g/mol. The second kappa shape index (κ2) is 2.84. The molecule has 1 atom stereocenters. The van der Waals surface area contributed by atoms with E-state index in [9.17, 15) is 0 Å². The van der Waals surface area contributed by atoms with Gasteiger partial charge in [-0.2, -0.15) is 0 Å². The number of hydrogen-bond donors (Lipinski definition) is 1. The molecule has 70 valence electrons. The first-order valence-electron chi connectivity index (χ1n) is 5.13. The third-order valence-corrected chi connectivity index (χ3v) is 2.95. The minimum Gasteiger partial charge on any atom is -0.359 e. The molecule has 1 N–H and O–H groups in total. The molecule has 1 heterocycles. The van der Waals surface area contributed by atoms with Gasteiger partial charge in [-0.1, -0.05) is 5.16 Å². The van der Waals surface area contributed by atoms with Gasteiger partial charge in [0.05, 0.1) is 12.2 Å². The highest BCUT2D eigenvalue weighted by Crippen LogP contribution is 2.32. The summed E-state index contributed by atoms with van der Waals surface area (Å²) in [6, 6.07) is 1.19. The lowest BCUT2D eigenvalue weighted by molar-refractivity contribution is 0.313. The molecule has 0 spiro atoms. The van der Waals surface area contributed by atoms with E-state index < -0.39 is 0 Å². The molecule has 0 aliphatic heterocycles. The average molecular weight is 178 g/mol. The zero-order valence-electron chi connectivity index (χ0n) is 7.62.